The number of carbonyl (C=O) groups is 3. The molecule has 1 heterocycles. The molecule has 0 radical (unpaired) electrons. The van der Waals surface area contributed by atoms with E-state index in [1.54, 1.807) is 6.92 Å². The number of aliphatic carboxylic acids is 1. The molecule has 3 atom stereocenters. The molecule has 1 aliphatic heterocycles. The van der Waals surface area contributed by atoms with Crippen molar-refractivity contribution in [2.75, 3.05) is 12.4 Å². The zero-order valence-corrected chi connectivity index (χ0v) is 12.4. The Morgan fingerprint density at radius 3 is 2.70 bits per heavy atom. The molecule has 20 heavy (non-hydrogen) atoms. The van der Waals surface area contributed by atoms with Gasteiger partial charge >= 0.3 is 11.9 Å². The summed E-state index contributed by atoms with van der Waals surface area (Å²) in [6.45, 7) is 3.81. The lowest BCUT2D eigenvalue weighted by Gasteiger charge is -2.26. The smallest absolute Gasteiger partial charge is 0.329 e. The summed E-state index contributed by atoms with van der Waals surface area (Å²) in [4.78, 5) is 36.1. The molecular formula is C12H20N2O5S. The SMILES string of the molecule is CCOC(=O)[C@@H]1CSC(C)N1C(=O)CC[C@H](N)C(=O)O. The highest BCUT2D eigenvalue weighted by molar-refractivity contribution is 8.00. The van der Waals surface area contributed by atoms with Crippen LogP contribution in [0.1, 0.15) is 26.7 Å². The highest BCUT2D eigenvalue weighted by atomic mass is 32.2. The molecule has 7 nitrogen and oxygen atoms in total. The third kappa shape index (κ3) is 4.11. The maximum atomic E-state index is 12.2. The number of amides is 1. The Hall–Kier alpha value is -1.28. The van der Waals surface area contributed by atoms with Crippen LogP contribution in [0.3, 0.4) is 0 Å². The lowest BCUT2D eigenvalue weighted by atomic mass is 10.1. The van der Waals surface area contributed by atoms with Crippen molar-refractivity contribution in [3.63, 3.8) is 0 Å². The number of carboxylic acid groups (broad SMARTS) is 1. The van der Waals surface area contributed by atoms with Crippen molar-refractivity contribution < 1.29 is 24.2 Å². The van der Waals surface area contributed by atoms with Gasteiger partial charge in [0.2, 0.25) is 5.91 Å². The fourth-order valence-electron chi connectivity index (χ4n) is 1.97. The molecule has 1 saturated heterocycles. The Kier molecular flexibility index (Phi) is 6.28. The zero-order valence-electron chi connectivity index (χ0n) is 11.6. The molecule has 114 valence electrons. The molecule has 0 aliphatic carbocycles. The molecule has 1 unspecified atom stereocenters. The number of carboxylic acids is 1. The van der Waals surface area contributed by atoms with Crippen LogP contribution in [0.5, 0.6) is 0 Å². The van der Waals surface area contributed by atoms with Crippen LogP contribution in [0.25, 0.3) is 0 Å². The molecule has 3 N–H and O–H groups in total. The summed E-state index contributed by atoms with van der Waals surface area (Å²) in [5.41, 5.74) is 5.37. The fourth-order valence-corrected chi connectivity index (χ4v) is 3.16. The van der Waals surface area contributed by atoms with Crippen molar-refractivity contribution in [3.8, 4) is 0 Å². The van der Waals surface area contributed by atoms with E-state index >= 15 is 0 Å². The van der Waals surface area contributed by atoms with E-state index in [4.69, 9.17) is 15.6 Å². The van der Waals surface area contributed by atoms with E-state index in [0.29, 0.717) is 5.75 Å². The predicted octanol–water partition coefficient (Wildman–Crippen LogP) is 0.0316. The average Bonchev–Trinajstić information content (AvgIpc) is 2.77. The van der Waals surface area contributed by atoms with Crippen molar-refractivity contribution in [3.05, 3.63) is 0 Å². The average molecular weight is 304 g/mol. The van der Waals surface area contributed by atoms with Crippen LogP contribution in [0.4, 0.5) is 0 Å². The third-order valence-electron chi connectivity index (χ3n) is 3.06. The van der Waals surface area contributed by atoms with E-state index in [0.717, 1.165) is 0 Å². The van der Waals surface area contributed by atoms with Crippen LogP contribution < -0.4 is 5.73 Å². The fraction of sp³-hybridized carbons (Fsp3) is 0.750. The maximum Gasteiger partial charge on any atom is 0.329 e. The van der Waals surface area contributed by atoms with Crippen LogP contribution in [0, 0.1) is 0 Å². The van der Waals surface area contributed by atoms with Gasteiger partial charge in [0.25, 0.3) is 0 Å². The van der Waals surface area contributed by atoms with E-state index in [9.17, 15) is 14.4 Å². The van der Waals surface area contributed by atoms with Crippen molar-refractivity contribution >= 4 is 29.6 Å². The summed E-state index contributed by atoms with van der Waals surface area (Å²) in [5.74, 6) is -1.32. The molecule has 0 aromatic rings. The number of nitrogens with zero attached hydrogens (tertiary/aromatic N) is 1. The second-order valence-electron chi connectivity index (χ2n) is 4.48. The molecule has 0 spiro atoms. The minimum atomic E-state index is -1.14. The minimum absolute atomic E-state index is 0.00821. The van der Waals surface area contributed by atoms with Crippen LogP contribution in [0.15, 0.2) is 0 Å². The third-order valence-corrected chi connectivity index (χ3v) is 4.27. The summed E-state index contributed by atoms with van der Waals surface area (Å²) in [7, 11) is 0. The Bertz CT molecular complexity index is 390. The van der Waals surface area contributed by atoms with E-state index in [1.165, 1.54) is 16.7 Å². The number of hydrogen-bond donors (Lipinski definition) is 2. The number of thioether (sulfide) groups is 1. The molecule has 0 saturated carbocycles. The first kappa shape index (κ1) is 16.8. The van der Waals surface area contributed by atoms with Crippen LogP contribution in [-0.2, 0) is 19.1 Å². The Labute approximate surface area is 121 Å². The van der Waals surface area contributed by atoms with Crippen molar-refractivity contribution in [1.82, 2.24) is 4.90 Å². The number of carbonyl (C=O) groups excluding carboxylic acids is 2. The van der Waals surface area contributed by atoms with E-state index in [2.05, 4.69) is 0 Å². The van der Waals surface area contributed by atoms with Crippen molar-refractivity contribution in [1.29, 1.82) is 0 Å². The largest absolute Gasteiger partial charge is 0.480 e. The topological polar surface area (TPSA) is 110 Å². The molecule has 1 amide bonds. The number of rotatable bonds is 6. The molecule has 8 heteroatoms. The first-order chi connectivity index (χ1) is 9.38. The van der Waals surface area contributed by atoms with Crippen LogP contribution in [-0.4, -0.2) is 57.7 Å². The van der Waals surface area contributed by atoms with Gasteiger partial charge in [0.05, 0.1) is 12.0 Å². The van der Waals surface area contributed by atoms with Gasteiger partial charge in [-0.3, -0.25) is 9.59 Å². The van der Waals surface area contributed by atoms with Gasteiger partial charge in [-0.15, -0.1) is 11.8 Å². The highest BCUT2D eigenvalue weighted by Gasteiger charge is 2.40. The van der Waals surface area contributed by atoms with Gasteiger partial charge in [-0.25, -0.2) is 4.79 Å². The van der Waals surface area contributed by atoms with E-state index in [1.807, 2.05) is 6.92 Å². The van der Waals surface area contributed by atoms with Crippen LogP contribution >= 0.6 is 11.8 Å². The molecule has 0 aromatic heterocycles. The van der Waals surface area contributed by atoms with Gasteiger partial charge < -0.3 is 20.5 Å². The molecule has 1 aliphatic rings. The lowest BCUT2D eigenvalue weighted by Crippen LogP contribution is -2.46. The number of esters is 1. The standard InChI is InChI=1S/C12H20N2O5S/c1-3-19-12(18)9-6-20-7(2)14(9)10(15)5-4-8(13)11(16)17/h7-9H,3-6,13H2,1-2H3,(H,16,17)/t7?,8-,9-/m0/s1. The molecule has 1 fully saturated rings. The summed E-state index contributed by atoms with van der Waals surface area (Å²) < 4.78 is 4.95. The Balaban J connectivity index is 2.63. The molecule has 0 aromatic carbocycles. The van der Waals surface area contributed by atoms with E-state index in [-0.39, 0.29) is 30.7 Å². The molecule has 1 rings (SSSR count). The maximum absolute atomic E-state index is 12.2. The lowest BCUT2D eigenvalue weighted by molar-refractivity contribution is -0.153. The zero-order chi connectivity index (χ0) is 15.3. The monoisotopic (exact) mass is 304 g/mol. The number of nitrogens with two attached hydrogens (primary N) is 1. The quantitative estimate of drug-likeness (QED) is 0.666. The molecular weight excluding hydrogens is 284 g/mol. The minimum Gasteiger partial charge on any atom is -0.480 e. The second-order valence-corrected chi connectivity index (χ2v) is 5.83. The van der Waals surface area contributed by atoms with Gasteiger partial charge in [0.15, 0.2) is 0 Å². The summed E-state index contributed by atoms with van der Waals surface area (Å²) in [6.07, 6.45) is 0.0614. The normalized spacial score (nSPS) is 23.4. The second kappa shape index (κ2) is 7.49. The first-order valence-electron chi connectivity index (χ1n) is 6.46. The van der Waals surface area contributed by atoms with Gasteiger partial charge in [0, 0.05) is 12.2 Å². The van der Waals surface area contributed by atoms with Gasteiger partial charge in [-0.2, -0.15) is 0 Å². The first-order valence-corrected chi connectivity index (χ1v) is 7.51. The predicted molar refractivity (Wildman–Crippen MR) is 74.0 cm³/mol. The number of hydrogen-bond acceptors (Lipinski definition) is 6. The van der Waals surface area contributed by atoms with Crippen LogP contribution in [0.2, 0.25) is 0 Å². The van der Waals surface area contributed by atoms with Crippen molar-refractivity contribution in [2.24, 2.45) is 5.73 Å². The summed E-state index contributed by atoms with van der Waals surface area (Å²) in [5, 5.41) is 8.57. The van der Waals surface area contributed by atoms with Gasteiger partial charge in [-0.05, 0) is 20.3 Å². The van der Waals surface area contributed by atoms with Gasteiger partial charge in [0.1, 0.15) is 12.1 Å². The Morgan fingerprint density at radius 1 is 1.50 bits per heavy atom. The number of ether oxygens (including phenoxy) is 1. The molecule has 0 bridgehead atoms. The summed E-state index contributed by atoms with van der Waals surface area (Å²) >= 11 is 1.49. The Morgan fingerprint density at radius 2 is 2.15 bits per heavy atom. The summed E-state index contributed by atoms with van der Waals surface area (Å²) in [6, 6.07) is -1.66. The van der Waals surface area contributed by atoms with Gasteiger partial charge in [-0.1, -0.05) is 0 Å². The van der Waals surface area contributed by atoms with E-state index < -0.39 is 24.0 Å². The van der Waals surface area contributed by atoms with Crippen molar-refractivity contribution in [2.45, 2.75) is 44.1 Å². The highest BCUT2D eigenvalue weighted by Crippen LogP contribution is 2.30.